The predicted molar refractivity (Wildman–Crippen MR) is 264 cm³/mol. The molecule has 0 atom stereocenters. The van der Waals surface area contributed by atoms with Gasteiger partial charge in [-0.1, -0.05) is 150 Å². The average molecular weight is 814 g/mol. The van der Waals surface area contributed by atoms with Gasteiger partial charge in [0.15, 0.2) is 0 Å². The summed E-state index contributed by atoms with van der Waals surface area (Å²) in [6, 6.07) is 48.7. The third-order valence-electron chi connectivity index (χ3n) is 16.4. The van der Waals surface area contributed by atoms with Crippen LogP contribution in [0.2, 0.25) is 0 Å². The lowest BCUT2D eigenvalue weighted by Gasteiger charge is -2.30. The van der Waals surface area contributed by atoms with Crippen molar-refractivity contribution < 1.29 is 0 Å². The Morgan fingerprint density at radius 3 is 1.66 bits per heavy atom. The van der Waals surface area contributed by atoms with Crippen molar-refractivity contribution in [2.45, 2.75) is 159 Å². The molecule has 0 unspecified atom stereocenters. The number of fused-ring (bicyclic) bond motifs is 4. The third kappa shape index (κ3) is 7.56. The van der Waals surface area contributed by atoms with Crippen molar-refractivity contribution in [2.24, 2.45) is 0 Å². The van der Waals surface area contributed by atoms with Crippen molar-refractivity contribution >= 4 is 17.1 Å². The number of benzene rings is 6. The van der Waals surface area contributed by atoms with Crippen molar-refractivity contribution in [3.8, 4) is 33.4 Å². The zero-order valence-electron chi connectivity index (χ0n) is 37.7. The van der Waals surface area contributed by atoms with Crippen LogP contribution in [0.5, 0.6) is 0 Å². The molecule has 62 heavy (non-hydrogen) atoms. The van der Waals surface area contributed by atoms with Crippen LogP contribution in [0.3, 0.4) is 0 Å². The van der Waals surface area contributed by atoms with Crippen LogP contribution in [-0.2, 0) is 18.3 Å². The van der Waals surface area contributed by atoms with Gasteiger partial charge in [-0.05, 0) is 197 Å². The van der Waals surface area contributed by atoms with Crippen LogP contribution in [0, 0.1) is 0 Å². The number of aryl methyl sites for hydroxylation is 1. The molecule has 0 heterocycles. The van der Waals surface area contributed by atoms with Crippen molar-refractivity contribution in [2.75, 3.05) is 4.90 Å². The largest absolute Gasteiger partial charge is 0.310 e. The molecule has 0 N–H and O–H groups in total. The Kier molecular flexibility index (Phi) is 11.0. The Balaban J connectivity index is 1.00. The monoisotopic (exact) mass is 814 g/mol. The van der Waals surface area contributed by atoms with Crippen molar-refractivity contribution in [1.29, 1.82) is 0 Å². The summed E-state index contributed by atoms with van der Waals surface area (Å²) >= 11 is 0. The second-order valence-electron chi connectivity index (χ2n) is 20.6. The summed E-state index contributed by atoms with van der Waals surface area (Å²) in [7, 11) is 0. The van der Waals surface area contributed by atoms with E-state index in [9.17, 15) is 0 Å². The van der Waals surface area contributed by atoms with Crippen LogP contribution in [0.4, 0.5) is 17.1 Å². The van der Waals surface area contributed by atoms with E-state index in [-0.39, 0.29) is 5.41 Å². The molecule has 6 aromatic carbocycles. The Morgan fingerprint density at radius 2 is 0.968 bits per heavy atom. The van der Waals surface area contributed by atoms with Crippen molar-refractivity contribution in [3.05, 3.63) is 160 Å². The number of anilines is 3. The Morgan fingerprint density at radius 1 is 0.387 bits per heavy atom. The second-order valence-corrected chi connectivity index (χ2v) is 20.6. The summed E-state index contributed by atoms with van der Waals surface area (Å²) in [5, 5.41) is 0. The van der Waals surface area contributed by atoms with E-state index < -0.39 is 0 Å². The Hall–Kier alpha value is -4.88. The van der Waals surface area contributed by atoms with Gasteiger partial charge >= 0.3 is 0 Å². The van der Waals surface area contributed by atoms with E-state index in [4.69, 9.17) is 0 Å². The lowest BCUT2D eigenvalue weighted by molar-refractivity contribution is 0.435. The van der Waals surface area contributed by atoms with E-state index in [1.54, 1.807) is 22.3 Å². The molecule has 316 valence electrons. The van der Waals surface area contributed by atoms with Gasteiger partial charge in [0.2, 0.25) is 0 Å². The molecule has 1 heteroatoms. The maximum absolute atomic E-state index is 2.66. The van der Waals surface area contributed by atoms with E-state index in [1.165, 1.54) is 189 Å². The van der Waals surface area contributed by atoms with Gasteiger partial charge < -0.3 is 4.90 Å². The van der Waals surface area contributed by atoms with E-state index in [2.05, 4.69) is 140 Å². The molecule has 5 aliphatic rings. The molecule has 3 saturated carbocycles. The number of hydrogen-bond acceptors (Lipinski definition) is 1. The number of nitrogens with zero attached hydrogens (tertiary/aromatic N) is 1. The molecule has 5 aliphatic carbocycles. The van der Waals surface area contributed by atoms with Crippen LogP contribution < -0.4 is 4.90 Å². The minimum Gasteiger partial charge on any atom is -0.310 e. The highest BCUT2D eigenvalue weighted by molar-refractivity contribution is 5.86. The van der Waals surface area contributed by atoms with Gasteiger partial charge in [-0.25, -0.2) is 0 Å². The number of hydrogen-bond donors (Lipinski definition) is 0. The smallest absolute Gasteiger partial charge is 0.0465 e. The van der Waals surface area contributed by atoms with E-state index in [0.717, 1.165) is 0 Å². The molecule has 0 aliphatic heterocycles. The number of rotatable bonds is 8. The lowest BCUT2D eigenvalue weighted by Crippen LogP contribution is -2.16. The topological polar surface area (TPSA) is 3.24 Å². The summed E-state index contributed by atoms with van der Waals surface area (Å²) in [6.07, 6.45) is 25.4. The zero-order chi connectivity index (χ0) is 41.6. The highest BCUT2D eigenvalue weighted by Gasteiger charge is 2.36. The summed E-state index contributed by atoms with van der Waals surface area (Å²) in [4.78, 5) is 2.55. The fourth-order valence-electron chi connectivity index (χ4n) is 12.9. The standard InChI is InChI=1S/C61H67N/c1-61(2)59-28-15-14-27-56(59)57-34-33-54(41-60(57)61)62(53-25-16-24-46(39-53)42-17-6-3-7-18-42)52-31-29-45(30-32-52)58-40-51(35-47-23-12-13-26-55(47)58)50-37-48(43-19-8-4-9-20-43)36-49(38-50)44-21-10-5-11-22-44/h14-16,24-25,27-44H,3-13,17-23,26H2,1-2H3. The quantitative estimate of drug-likeness (QED) is 0.148. The maximum atomic E-state index is 2.66. The summed E-state index contributed by atoms with van der Waals surface area (Å²) in [5.74, 6) is 2.09. The van der Waals surface area contributed by atoms with Crippen LogP contribution >= 0.6 is 0 Å². The van der Waals surface area contributed by atoms with Crippen LogP contribution in [0.1, 0.15) is 180 Å². The highest BCUT2D eigenvalue weighted by atomic mass is 15.1. The van der Waals surface area contributed by atoms with Gasteiger partial charge in [-0.2, -0.15) is 0 Å². The molecule has 0 amide bonds. The van der Waals surface area contributed by atoms with Gasteiger partial charge in [-0.3, -0.25) is 0 Å². The summed E-state index contributed by atoms with van der Waals surface area (Å²) < 4.78 is 0. The molecule has 0 saturated heterocycles. The first-order valence-corrected chi connectivity index (χ1v) is 25.0. The van der Waals surface area contributed by atoms with Gasteiger partial charge in [0.05, 0.1) is 0 Å². The van der Waals surface area contributed by atoms with Gasteiger partial charge in [-0.15, -0.1) is 0 Å². The molecule has 0 aromatic heterocycles. The Labute approximate surface area is 373 Å². The summed E-state index contributed by atoms with van der Waals surface area (Å²) in [5.41, 5.74) is 22.9. The lowest BCUT2D eigenvalue weighted by atomic mass is 9.78. The van der Waals surface area contributed by atoms with E-state index in [0.29, 0.717) is 17.8 Å². The highest BCUT2D eigenvalue weighted by Crippen LogP contribution is 2.51. The maximum Gasteiger partial charge on any atom is 0.0465 e. The Bertz CT molecular complexity index is 2520. The normalized spacial score (nSPS) is 19.1. The van der Waals surface area contributed by atoms with Crippen LogP contribution in [0.25, 0.3) is 33.4 Å². The minimum atomic E-state index is -0.0569. The molecule has 0 spiro atoms. The fourth-order valence-corrected chi connectivity index (χ4v) is 12.9. The first-order chi connectivity index (χ1) is 30.5. The van der Waals surface area contributed by atoms with Crippen molar-refractivity contribution in [1.82, 2.24) is 0 Å². The molecule has 0 bridgehead atoms. The molecule has 1 nitrogen and oxygen atoms in total. The minimum absolute atomic E-state index is 0.0569. The first-order valence-electron chi connectivity index (χ1n) is 25.0. The molecule has 3 fully saturated rings. The fraction of sp³-hybridized carbons (Fsp3) is 0.410. The second kappa shape index (κ2) is 17.0. The van der Waals surface area contributed by atoms with E-state index >= 15 is 0 Å². The van der Waals surface area contributed by atoms with Gasteiger partial charge in [0.25, 0.3) is 0 Å². The van der Waals surface area contributed by atoms with Gasteiger partial charge in [0, 0.05) is 22.5 Å². The van der Waals surface area contributed by atoms with E-state index in [1.807, 2.05) is 0 Å². The molecular weight excluding hydrogens is 747 g/mol. The summed E-state index contributed by atoms with van der Waals surface area (Å²) in [6.45, 7) is 4.81. The molecule has 6 aromatic rings. The molecule has 11 rings (SSSR count). The molecule has 0 radical (unpaired) electrons. The van der Waals surface area contributed by atoms with Crippen LogP contribution in [0.15, 0.2) is 121 Å². The first kappa shape index (κ1) is 39.9. The van der Waals surface area contributed by atoms with Gasteiger partial charge in [0.1, 0.15) is 0 Å². The zero-order valence-corrected chi connectivity index (χ0v) is 37.7. The third-order valence-corrected chi connectivity index (χ3v) is 16.4. The van der Waals surface area contributed by atoms with Crippen molar-refractivity contribution in [3.63, 3.8) is 0 Å². The SMILES string of the molecule is CC1(C)c2ccccc2-c2ccc(N(c3ccc(-c4cc(-c5cc(C6CCCCC6)cc(C6CCCCC6)c5)cc5c4CCCC5)cc3)c3cccc(C4CCCCC4)c3)cc21. The van der Waals surface area contributed by atoms with Crippen LogP contribution in [-0.4, -0.2) is 0 Å². The predicted octanol–water partition coefficient (Wildman–Crippen LogP) is 17.8. The molecular formula is C61H67N. The average Bonchev–Trinajstić information content (AvgIpc) is 3.57.